The topological polar surface area (TPSA) is 33.1 Å². The number of hydrogen-bond acceptors (Lipinski definition) is 3. The molecule has 4 heteroatoms. The minimum absolute atomic E-state index is 0.460. The number of anilines is 1. The van der Waals surface area contributed by atoms with Gasteiger partial charge >= 0.3 is 0 Å². The van der Waals surface area contributed by atoms with Crippen LogP contribution >= 0.6 is 0 Å². The molecule has 0 spiro atoms. The van der Waals surface area contributed by atoms with Crippen molar-refractivity contribution >= 4 is 5.95 Å². The molecule has 0 radical (unpaired) electrons. The number of nitrogens with zero attached hydrogens (tertiary/aromatic N) is 3. The summed E-state index contributed by atoms with van der Waals surface area (Å²) in [5, 5.41) is 3.72. The zero-order chi connectivity index (χ0) is 15.4. The highest BCUT2D eigenvalue weighted by Gasteiger charge is 2.22. The van der Waals surface area contributed by atoms with E-state index < -0.39 is 0 Å². The maximum absolute atomic E-state index is 4.74. The van der Waals surface area contributed by atoms with Gasteiger partial charge in [-0.25, -0.2) is 4.98 Å². The van der Waals surface area contributed by atoms with Crippen molar-refractivity contribution in [1.82, 2.24) is 14.5 Å². The van der Waals surface area contributed by atoms with Crippen LogP contribution in [0.1, 0.15) is 57.7 Å². The molecule has 1 N–H and O–H groups in total. The first-order chi connectivity index (χ1) is 9.95. The molecule has 0 aromatic carbocycles. The Bertz CT molecular complexity index is 420. The number of hydrogen-bond donors (Lipinski definition) is 1. The predicted octanol–water partition coefficient (Wildman–Crippen LogP) is 3.69. The second-order valence-electron chi connectivity index (χ2n) is 7.28. The Hall–Kier alpha value is -1.03. The van der Waals surface area contributed by atoms with E-state index >= 15 is 0 Å². The molecular formula is C17H32N4. The monoisotopic (exact) mass is 292 g/mol. The third kappa shape index (κ3) is 4.73. The molecule has 0 saturated heterocycles. The fourth-order valence-corrected chi connectivity index (χ4v) is 3.46. The second kappa shape index (κ2) is 7.30. The Morgan fingerprint density at radius 2 is 2.00 bits per heavy atom. The number of nitrogens with one attached hydrogen (secondary N) is 1. The van der Waals surface area contributed by atoms with Crippen LogP contribution in [-0.4, -0.2) is 41.1 Å². The van der Waals surface area contributed by atoms with Crippen molar-refractivity contribution in [2.75, 3.05) is 26.0 Å². The molecule has 1 aromatic rings. The van der Waals surface area contributed by atoms with Crippen LogP contribution in [0.25, 0.3) is 0 Å². The van der Waals surface area contributed by atoms with Gasteiger partial charge in [0.05, 0.1) is 5.69 Å². The van der Waals surface area contributed by atoms with Crippen molar-refractivity contribution in [1.29, 1.82) is 0 Å². The van der Waals surface area contributed by atoms with Crippen LogP contribution in [0.2, 0.25) is 0 Å². The van der Waals surface area contributed by atoms with Gasteiger partial charge in [0.2, 0.25) is 5.95 Å². The van der Waals surface area contributed by atoms with Gasteiger partial charge in [0.15, 0.2) is 0 Å². The molecule has 1 aliphatic carbocycles. The Balaban J connectivity index is 2.11. The quantitative estimate of drug-likeness (QED) is 0.832. The van der Waals surface area contributed by atoms with E-state index in [1.165, 1.54) is 32.1 Å². The molecular weight excluding hydrogens is 260 g/mol. The summed E-state index contributed by atoms with van der Waals surface area (Å²) in [6, 6.07) is 1.11. The smallest absolute Gasteiger partial charge is 0.203 e. The summed E-state index contributed by atoms with van der Waals surface area (Å²) in [4.78, 5) is 7.00. The highest BCUT2D eigenvalue weighted by molar-refractivity contribution is 5.31. The first-order valence-electron chi connectivity index (χ1n) is 8.42. The third-order valence-corrected chi connectivity index (χ3v) is 4.25. The fourth-order valence-electron chi connectivity index (χ4n) is 3.46. The lowest BCUT2D eigenvalue weighted by molar-refractivity contribution is 0.354. The van der Waals surface area contributed by atoms with Gasteiger partial charge in [-0.1, -0.05) is 26.7 Å². The van der Waals surface area contributed by atoms with E-state index in [0.29, 0.717) is 18.0 Å². The van der Waals surface area contributed by atoms with Gasteiger partial charge in [0.1, 0.15) is 0 Å². The van der Waals surface area contributed by atoms with Gasteiger partial charge in [-0.15, -0.1) is 0 Å². The molecule has 1 unspecified atom stereocenters. The van der Waals surface area contributed by atoms with Gasteiger partial charge in [-0.3, -0.25) is 0 Å². The molecule has 21 heavy (non-hydrogen) atoms. The van der Waals surface area contributed by atoms with Crippen molar-refractivity contribution in [3.63, 3.8) is 0 Å². The summed E-state index contributed by atoms with van der Waals surface area (Å²) < 4.78 is 2.39. The van der Waals surface area contributed by atoms with Crippen molar-refractivity contribution in [3.8, 4) is 0 Å². The zero-order valence-corrected chi connectivity index (χ0v) is 14.4. The number of rotatable bonds is 7. The lowest BCUT2D eigenvalue weighted by atomic mass is 10.0. The van der Waals surface area contributed by atoms with E-state index in [1.54, 1.807) is 0 Å². The van der Waals surface area contributed by atoms with Gasteiger partial charge in [-0.05, 0) is 46.2 Å². The van der Waals surface area contributed by atoms with Gasteiger partial charge in [-0.2, -0.15) is 0 Å². The highest BCUT2D eigenvalue weighted by atomic mass is 15.2. The summed E-state index contributed by atoms with van der Waals surface area (Å²) in [6.45, 7) is 7.73. The van der Waals surface area contributed by atoms with Crippen LogP contribution in [0, 0.1) is 12.8 Å². The Morgan fingerprint density at radius 1 is 1.33 bits per heavy atom. The van der Waals surface area contributed by atoms with Crippen molar-refractivity contribution < 1.29 is 0 Å². The predicted molar refractivity (Wildman–Crippen MR) is 89.9 cm³/mol. The molecule has 0 aliphatic heterocycles. The minimum Gasteiger partial charge on any atom is -0.352 e. The largest absolute Gasteiger partial charge is 0.352 e. The van der Waals surface area contributed by atoms with Crippen LogP contribution in [-0.2, 0) is 0 Å². The van der Waals surface area contributed by atoms with Gasteiger partial charge in [0.25, 0.3) is 0 Å². The SMILES string of the molecule is Cc1cn(C2CCCC2)c(NC(CC(C)C)CN(C)C)n1. The Morgan fingerprint density at radius 3 is 2.57 bits per heavy atom. The molecule has 1 heterocycles. The highest BCUT2D eigenvalue weighted by Crippen LogP contribution is 2.32. The van der Waals surface area contributed by atoms with Gasteiger partial charge in [0, 0.05) is 24.8 Å². The maximum atomic E-state index is 4.74. The molecule has 0 bridgehead atoms. The van der Waals surface area contributed by atoms with E-state index in [2.05, 4.69) is 55.8 Å². The standard InChI is InChI=1S/C17H32N4/c1-13(2)10-15(12-20(4)5)19-17-18-14(3)11-21(17)16-8-6-7-9-16/h11,13,15-16H,6-10,12H2,1-5H3,(H,18,19). The van der Waals surface area contributed by atoms with E-state index in [9.17, 15) is 0 Å². The summed E-state index contributed by atoms with van der Waals surface area (Å²) in [5.41, 5.74) is 1.12. The van der Waals surface area contributed by atoms with Crippen LogP contribution in [0.5, 0.6) is 0 Å². The second-order valence-corrected chi connectivity index (χ2v) is 7.28. The lowest BCUT2D eigenvalue weighted by Gasteiger charge is -2.26. The van der Waals surface area contributed by atoms with E-state index in [0.717, 1.165) is 18.2 Å². The third-order valence-electron chi connectivity index (χ3n) is 4.25. The fraction of sp³-hybridized carbons (Fsp3) is 0.824. The van der Waals surface area contributed by atoms with E-state index in [1.807, 2.05) is 0 Å². The summed E-state index contributed by atoms with van der Waals surface area (Å²) >= 11 is 0. The molecule has 0 amide bonds. The van der Waals surface area contributed by atoms with Crippen molar-refractivity contribution in [2.45, 2.75) is 65.0 Å². The van der Waals surface area contributed by atoms with Crippen LogP contribution in [0.4, 0.5) is 5.95 Å². The maximum Gasteiger partial charge on any atom is 0.203 e. The van der Waals surface area contributed by atoms with E-state index in [-0.39, 0.29) is 0 Å². The normalized spacial score (nSPS) is 17.9. The molecule has 1 aliphatic rings. The molecule has 1 saturated carbocycles. The summed E-state index contributed by atoms with van der Waals surface area (Å²) in [7, 11) is 4.29. The number of imidazole rings is 1. The molecule has 120 valence electrons. The first kappa shape index (κ1) is 16.3. The average Bonchev–Trinajstić information content (AvgIpc) is 2.96. The van der Waals surface area contributed by atoms with Crippen molar-refractivity contribution in [3.05, 3.63) is 11.9 Å². The molecule has 1 aromatic heterocycles. The molecule has 1 atom stereocenters. The van der Waals surface area contributed by atoms with Crippen LogP contribution in [0.3, 0.4) is 0 Å². The number of likely N-dealkylation sites (N-methyl/N-ethyl adjacent to an activating group) is 1. The minimum atomic E-state index is 0.460. The number of aryl methyl sites for hydroxylation is 1. The van der Waals surface area contributed by atoms with Crippen molar-refractivity contribution in [2.24, 2.45) is 5.92 Å². The van der Waals surface area contributed by atoms with Crippen LogP contribution < -0.4 is 5.32 Å². The van der Waals surface area contributed by atoms with E-state index in [4.69, 9.17) is 4.98 Å². The van der Waals surface area contributed by atoms with Crippen LogP contribution in [0.15, 0.2) is 6.20 Å². The first-order valence-corrected chi connectivity index (χ1v) is 8.42. The van der Waals surface area contributed by atoms with Gasteiger partial charge < -0.3 is 14.8 Å². The molecule has 2 rings (SSSR count). The Labute approximate surface area is 129 Å². The molecule has 4 nitrogen and oxygen atoms in total. The molecule has 1 fully saturated rings. The number of aromatic nitrogens is 2. The lowest BCUT2D eigenvalue weighted by Crippen LogP contribution is -2.34. The average molecular weight is 292 g/mol. The summed E-state index contributed by atoms with van der Waals surface area (Å²) in [6.07, 6.45) is 8.71. The summed E-state index contributed by atoms with van der Waals surface area (Å²) in [5.74, 6) is 1.77. The zero-order valence-electron chi connectivity index (χ0n) is 14.4. The Kier molecular flexibility index (Phi) is 5.68.